The predicted octanol–water partition coefficient (Wildman–Crippen LogP) is 2.90. The Labute approximate surface area is 231 Å². The van der Waals surface area contributed by atoms with E-state index in [4.69, 9.17) is 0 Å². The number of para-hydroxylation sites is 1. The number of anilines is 1. The molecule has 4 atom stereocenters. The van der Waals surface area contributed by atoms with Crippen LogP contribution in [-0.4, -0.2) is 85.3 Å². The molecule has 10 heteroatoms. The van der Waals surface area contributed by atoms with Crippen LogP contribution in [0, 0.1) is 28.5 Å². The lowest BCUT2D eigenvalue weighted by atomic mass is 9.74. The standard InChI is InChI=1S/C29H44FN5O4/c1-19-20(28(2,3)4)17-35(23(19)18-36)26(38)25(29(5,6)7)32-27(39)31-16-24(37)34-14-12-33(13-15-34)22-11-9-8-10-21(22)30/h8-11,18-20,23,25H,12-17H2,1-7H3,(H2,31,32,39). The number of rotatable bonds is 6. The minimum Gasteiger partial charge on any atom is -0.366 e. The summed E-state index contributed by atoms with van der Waals surface area (Å²) in [5, 5.41) is 5.35. The Morgan fingerprint density at radius 3 is 2.21 bits per heavy atom. The average molecular weight is 546 g/mol. The van der Waals surface area contributed by atoms with Crippen LogP contribution in [0.25, 0.3) is 0 Å². The monoisotopic (exact) mass is 545 g/mol. The molecule has 9 nitrogen and oxygen atoms in total. The minimum absolute atomic E-state index is 0.00244. The van der Waals surface area contributed by atoms with E-state index in [1.807, 2.05) is 32.6 Å². The summed E-state index contributed by atoms with van der Waals surface area (Å²) in [5.74, 6) is -0.710. The molecule has 1 aromatic rings. The van der Waals surface area contributed by atoms with Crippen LogP contribution >= 0.6 is 0 Å². The Hall–Kier alpha value is -3.17. The molecule has 216 valence electrons. The third-order valence-electron chi connectivity index (χ3n) is 8.08. The molecule has 2 N–H and O–H groups in total. The number of likely N-dealkylation sites (tertiary alicyclic amines) is 1. The third kappa shape index (κ3) is 7.08. The first-order valence-electron chi connectivity index (χ1n) is 13.7. The Kier molecular flexibility index (Phi) is 9.28. The number of halogens is 1. The lowest BCUT2D eigenvalue weighted by Gasteiger charge is -2.36. The summed E-state index contributed by atoms with van der Waals surface area (Å²) in [6.45, 7) is 15.9. The number of piperazine rings is 1. The van der Waals surface area contributed by atoms with E-state index in [1.165, 1.54) is 6.07 Å². The van der Waals surface area contributed by atoms with Crippen molar-refractivity contribution in [2.45, 2.75) is 60.5 Å². The van der Waals surface area contributed by atoms with Crippen molar-refractivity contribution in [1.29, 1.82) is 0 Å². The number of carbonyl (C=O) groups is 4. The van der Waals surface area contributed by atoms with E-state index in [9.17, 15) is 23.6 Å². The molecule has 0 bridgehead atoms. The lowest BCUT2D eigenvalue weighted by Crippen LogP contribution is -2.59. The topological polar surface area (TPSA) is 102 Å². The molecule has 3 rings (SSSR count). The highest BCUT2D eigenvalue weighted by Gasteiger charge is 2.48. The number of nitrogens with one attached hydrogen (secondary N) is 2. The molecule has 4 amide bonds. The van der Waals surface area contributed by atoms with Crippen LogP contribution in [0.3, 0.4) is 0 Å². The van der Waals surface area contributed by atoms with Crippen molar-refractivity contribution in [2.24, 2.45) is 22.7 Å². The zero-order valence-corrected chi connectivity index (χ0v) is 24.3. The third-order valence-corrected chi connectivity index (χ3v) is 8.08. The van der Waals surface area contributed by atoms with E-state index in [0.717, 1.165) is 6.29 Å². The van der Waals surface area contributed by atoms with Gasteiger partial charge in [-0.25, -0.2) is 9.18 Å². The average Bonchev–Trinajstić information content (AvgIpc) is 3.22. The highest BCUT2D eigenvalue weighted by atomic mass is 19.1. The smallest absolute Gasteiger partial charge is 0.315 e. The van der Waals surface area contributed by atoms with Gasteiger partial charge >= 0.3 is 6.03 Å². The van der Waals surface area contributed by atoms with Crippen LogP contribution in [-0.2, 0) is 14.4 Å². The number of aldehydes is 1. The summed E-state index contributed by atoms with van der Waals surface area (Å²) in [6, 6.07) is 4.49. The number of nitrogens with zero attached hydrogens (tertiary/aromatic N) is 3. The zero-order chi connectivity index (χ0) is 29.1. The van der Waals surface area contributed by atoms with Crippen molar-refractivity contribution < 1.29 is 23.6 Å². The lowest BCUT2D eigenvalue weighted by molar-refractivity contribution is -0.139. The van der Waals surface area contributed by atoms with Crippen molar-refractivity contribution in [2.75, 3.05) is 44.2 Å². The Morgan fingerprint density at radius 2 is 1.67 bits per heavy atom. The highest BCUT2D eigenvalue weighted by molar-refractivity contribution is 5.91. The number of urea groups is 1. The molecule has 0 aromatic heterocycles. The van der Waals surface area contributed by atoms with Crippen LogP contribution in [0.1, 0.15) is 48.5 Å². The molecule has 0 spiro atoms. The molecule has 2 aliphatic heterocycles. The van der Waals surface area contributed by atoms with Crippen LogP contribution in [0.2, 0.25) is 0 Å². The fraction of sp³-hybridized carbons (Fsp3) is 0.655. The van der Waals surface area contributed by atoms with Crippen LogP contribution in [0.5, 0.6) is 0 Å². The van der Waals surface area contributed by atoms with Crippen molar-refractivity contribution in [3.63, 3.8) is 0 Å². The van der Waals surface area contributed by atoms with E-state index < -0.39 is 23.5 Å². The van der Waals surface area contributed by atoms with Gasteiger partial charge in [-0.05, 0) is 34.8 Å². The van der Waals surface area contributed by atoms with Crippen molar-refractivity contribution in [1.82, 2.24) is 20.4 Å². The maximum absolute atomic E-state index is 14.1. The summed E-state index contributed by atoms with van der Waals surface area (Å²) in [7, 11) is 0. The van der Waals surface area contributed by atoms with E-state index in [0.29, 0.717) is 38.4 Å². The van der Waals surface area contributed by atoms with Gasteiger partial charge in [0.1, 0.15) is 18.1 Å². The van der Waals surface area contributed by atoms with E-state index >= 15 is 0 Å². The molecule has 0 radical (unpaired) electrons. The molecule has 2 fully saturated rings. The second kappa shape index (κ2) is 11.9. The Bertz CT molecular complexity index is 1060. The van der Waals surface area contributed by atoms with Gasteiger partial charge in [-0.2, -0.15) is 0 Å². The fourth-order valence-corrected chi connectivity index (χ4v) is 5.69. The van der Waals surface area contributed by atoms with Gasteiger partial charge in [0, 0.05) is 32.7 Å². The second-order valence-electron chi connectivity index (χ2n) is 12.9. The number of hydrogen-bond donors (Lipinski definition) is 2. The highest BCUT2D eigenvalue weighted by Crippen LogP contribution is 2.41. The normalized spacial score (nSPS) is 22.9. The SMILES string of the molecule is CC1C(C=O)N(C(=O)C(NC(=O)NCC(=O)N2CCN(c3ccccc3F)CC2)C(C)(C)C)CC1C(C)(C)C. The quantitative estimate of drug-likeness (QED) is 0.536. The maximum atomic E-state index is 14.1. The molecule has 4 unspecified atom stereocenters. The Balaban J connectivity index is 1.57. The summed E-state index contributed by atoms with van der Waals surface area (Å²) in [5.41, 5.74) is -0.199. The number of carbonyl (C=O) groups excluding carboxylic acids is 4. The summed E-state index contributed by atoms with van der Waals surface area (Å²) >= 11 is 0. The largest absolute Gasteiger partial charge is 0.366 e. The van der Waals surface area contributed by atoms with Gasteiger partial charge in [0.15, 0.2) is 0 Å². The molecule has 2 heterocycles. The first-order valence-corrected chi connectivity index (χ1v) is 13.7. The number of hydrogen-bond acceptors (Lipinski definition) is 5. The molecule has 2 saturated heterocycles. The first-order chi connectivity index (χ1) is 18.1. The molecule has 0 saturated carbocycles. The van der Waals surface area contributed by atoms with Gasteiger partial charge < -0.3 is 30.1 Å². The van der Waals surface area contributed by atoms with Crippen molar-refractivity contribution in [3.8, 4) is 0 Å². The van der Waals surface area contributed by atoms with E-state index in [1.54, 1.807) is 28.0 Å². The summed E-state index contributed by atoms with van der Waals surface area (Å²) in [6.07, 6.45) is 0.832. The van der Waals surface area contributed by atoms with Crippen molar-refractivity contribution in [3.05, 3.63) is 30.1 Å². The molecular formula is C29H44FN5O4. The van der Waals surface area contributed by atoms with E-state index in [-0.39, 0.29) is 41.4 Å². The van der Waals surface area contributed by atoms with Gasteiger partial charge in [0.25, 0.3) is 0 Å². The molecule has 39 heavy (non-hydrogen) atoms. The zero-order valence-electron chi connectivity index (χ0n) is 24.3. The molecule has 0 aliphatic carbocycles. The maximum Gasteiger partial charge on any atom is 0.315 e. The summed E-state index contributed by atoms with van der Waals surface area (Å²) in [4.78, 5) is 56.4. The molecule has 2 aliphatic rings. The second-order valence-corrected chi connectivity index (χ2v) is 12.9. The fourth-order valence-electron chi connectivity index (χ4n) is 5.69. The predicted molar refractivity (Wildman–Crippen MR) is 149 cm³/mol. The van der Waals surface area contributed by atoms with Gasteiger partial charge in [0.2, 0.25) is 11.8 Å². The Morgan fingerprint density at radius 1 is 1.05 bits per heavy atom. The van der Waals surface area contributed by atoms with Gasteiger partial charge in [0.05, 0.1) is 18.3 Å². The minimum atomic E-state index is -0.884. The number of benzene rings is 1. The van der Waals surface area contributed by atoms with Crippen LogP contribution in [0.15, 0.2) is 24.3 Å². The van der Waals surface area contributed by atoms with E-state index in [2.05, 4.69) is 31.4 Å². The summed E-state index contributed by atoms with van der Waals surface area (Å²) < 4.78 is 14.1. The number of amides is 4. The first kappa shape index (κ1) is 30.4. The van der Waals surface area contributed by atoms with Gasteiger partial charge in [-0.3, -0.25) is 9.59 Å². The van der Waals surface area contributed by atoms with Gasteiger partial charge in [-0.15, -0.1) is 0 Å². The molecular weight excluding hydrogens is 501 g/mol. The van der Waals surface area contributed by atoms with Crippen molar-refractivity contribution >= 4 is 29.8 Å². The van der Waals surface area contributed by atoms with Crippen LogP contribution in [0.4, 0.5) is 14.9 Å². The van der Waals surface area contributed by atoms with Crippen LogP contribution < -0.4 is 15.5 Å². The van der Waals surface area contributed by atoms with Gasteiger partial charge in [-0.1, -0.05) is 60.6 Å². The molecule has 1 aromatic carbocycles.